The van der Waals surface area contributed by atoms with Gasteiger partial charge in [0.2, 0.25) is 5.91 Å². The number of carbonyl (C=O) groups is 4. The number of alkyl halides is 1. The highest BCUT2D eigenvalue weighted by Gasteiger charge is 2.39. The second-order valence-electron chi connectivity index (χ2n) is 11.0. The van der Waals surface area contributed by atoms with E-state index in [0.717, 1.165) is 11.1 Å². The predicted molar refractivity (Wildman–Crippen MR) is 158 cm³/mol. The summed E-state index contributed by atoms with van der Waals surface area (Å²) in [6.07, 6.45) is 1.73. The normalized spacial score (nSPS) is 16.3. The maximum absolute atomic E-state index is 13.7. The second kappa shape index (κ2) is 15.2. The summed E-state index contributed by atoms with van der Waals surface area (Å²) in [5.41, 5.74) is 13.2. The molecule has 1 heterocycles. The number of halogens is 1. The first-order valence-electron chi connectivity index (χ1n) is 14.3. The lowest BCUT2D eigenvalue weighted by Gasteiger charge is -2.30. The van der Waals surface area contributed by atoms with E-state index in [-0.39, 0.29) is 55.2 Å². The van der Waals surface area contributed by atoms with Crippen LogP contribution in [0.4, 0.5) is 4.39 Å². The summed E-state index contributed by atoms with van der Waals surface area (Å²) in [5, 5.41) is 0. The van der Waals surface area contributed by atoms with E-state index in [4.69, 9.17) is 11.5 Å². The Kier molecular flexibility index (Phi) is 11.7. The minimum atomic E-state index is -1.16. The van der Waals surface area contributed by atoms with Crippen LogP contribution in [0, 0.1) is 17.8 Å². The van der Waals surface area contributed by atoms with Gasteiger partial charge in [-0.25, -0.2) is 4.39 Å². The van der Waals surface area contributed by atoms with Gasteiger partial charge in [0.05, 0.1) is 6.04 Å². The molecule has 2 aromatic carbocycles. The molecule has 220 valence electrons. The molecule has 1 fully saturated rings. The zero-order chi connectivity index (χ0) is 29.9. The van der Waals surface area contributed by atoms with Crippen molar-refractivity contribution >= 4 is 29.2 Å². The van der Waals surface area contributed by atoms with E-state index in [1.807, 2.05) is 56.3 Å². The van der Waals surface area contributed by atoms with Crippen LogP contribution in [0.1, 0.15) is 62.7 Å². The van der Waals surface area contributed by atoms with E-state index in [2.05, 4.69) is 4.99 Å². The summed E-state index contributed by atoms with van der Waals surface area (Å²) in [4.78, 5) is 57.9. The van der Waals surface area contributed by atoms with Crippen LogP contribution in [0.3, 0.4) is 0 Å². The van der Waals surface area contributed by atoms with Gasteiger partial charge >= 0.3 is 0 Å². The zero-order valence-electron chi connectivity index (χ0n) is 23.9. The number of likely N-dealkylation sites (tertiary alicyclic amines) is 1. The quantitative estimate of drug-likeness (QED) is 0.143. The van der Waals surface area contributed by atoms with Gasteiger partial charge < -0.3 is 16.4 Å². The minimum absolute atomic E-state index is 0.0341. The Balaban J connectivity index is 1.67. The van der Waals surface area contributed by atoms with Gasteiger partial charge in [-0.2, -0.15) is 0 Å². The molecule has 1 aliphatic rings. The second-order valence-corrected chi connectivity index (χ2v) is 11.0. The molecule has 1 saturated heterocycles. The predicted octanol–water partition coefficient (Wildman–Crippen LogP) is 4.36. The van der Waals surface area contributed by atoms with Crippen LogP contribution in [-0.4, -0.2) is 59.9 Å². The molecule has 9 heteroatoms. The molecular formula is C32H41FN4O4. The van der Waals surface area contributed by atoms with Crippen molar-refractivity contribution in [3.05, 3.63) is 60.2 Å². The van der Waals surface area contributed by atoms with Crippen LogP contribution in [0.2, 0.25) is 0 Å². The largest absolute Gasteiger partial charge is 0.370 e. The number of aliphatic imine (C=N–C) groups is 1. The highest BCUT2D eigenvalue weighted by Crippen LogP contribution is 2.29. The van der Waals surface area contributed by atoms with Crippen LogP contribution in [-0.2, 0) is 14.4 Å². The first kappa shape index (κ1) is 31.6. The third-order valence-corrected chi connectivity index (χ3v) is 7.79. The summed E-state index contributed by atoms with van der Waals surface area (Å²) < 4.78 is 13.2. The molecule has 1 aliphatic heterocycles. The molecule has 0 radical (unpaired) electrons. The monoisotopic (exact) mass is 564 g/mol. The molecule has 3 atom stereocenters. The lowest BCUT2D eigenvalue weighted by atomic mass is 9.86. The summed E-state index contributed by atoms with van der Waals surface area (Å²) in [6, 6.07) is 16.5. The molecule has 8 nitrogen and oxygen atoms in total. The van der Waals surface area contributed by atoms with Gasteiger partial charge in [-0.1, -0.05) is 68.4 Å². The van der Waals surface area contributed by atoms with Gasteiger partial charge in [0.1, 0.15) is 6.67 Å². The Labute approximate surface area is 241 Å². The number of rotatable bonds is 15. The molecule has 0 bridgehead atoms. The fourth-order valence-electron chi connectivity index (χ4n) is 5.39. The summed E-state index contributed by atoms with van der Waals surface area (Å²) in [5.74, 6) is -2.83. The summed E-state index contributed by atoms with van der Waals surface area (Å²) in [6.45, 7) is 3.32. The van der Waals surface area contributed by atoms with E-state index in [1.54, 1.807) is 17.0 Å². The van der Waals surface area contributed by atoms with Crippen LogP contribution in [0.25, 0.3) is 11.1 Å². The number of carbonyl (C=O) groups excluding carboxylic acids is 4. The minimum Gasteiger partial charge on any atom is -0.370 e. The smallest absolute Gasteiger partial charge is 0.227 e. The molecule has 2 aromatic rings. The fraction of sp³-hybridized carbons (Fsp3) is 0.469. The van der Waals surface area contributed by atoms with Crippen LogP contribution < -0.4 is 11.5 Å². The molecular weight excluding hydrogens is 523 g/mol. The van der Waals surface area contributed by atoms with Crippen molar-refractivity contribution in [2.45, 2.75) is 58.4 Å². The lowest BCUT2D eigenvalue weighted by Crippen LogP contribution is -2.45. The number of guanidine groups is 1. The van der Waals surface area contributed by atoms with Gasteiger partial charge in [-0.15, -0.1) is 0 Å². The standard InChI is InChI=1S/C32H41FN4O4/c1-21(2)26(19-28(38)24-14-12-23(13-15-24)22-8-4-3-5-9-22)31(41)37-17-7-11-27(37)29(39)18-25(30(40)20-33)10-6-16-36-32(34)35/h3-5,8-9,12-15,21,25-27H,6-7,10-11,16-20H2,1-2H3,(H4,34,35,36)/t25-,26+,27+/m1/s1. The van der Waals surface area contributed by atoms with Crippen molar-refractivity contribution < 1.29 is 23.6 Å². The van der Waals surface area contributed by atoms with Crippen molar-refractivity contribution in [3.8, 4) is 11.1 Å². The van der Waals surface area contributed by atoms with Crippen molar-refractivity contribution in [2.24, 2.45) is 34.2 Å². The molecule has 3 rings (SSSR count). The number of hydrogen-bond acceptors (Lipinski definition) is 5. The number of nitrogens with zero attached hydrogens (tertiary/aromatic N) is 2. The fourth-order valence-corrected chi connectivity index (χ4v) is 5.39. The molecule has 0 aliphatic carbocycles. The number of amides is 1. The van der Waals surface area contributed by atoms with Crippen molar-refractivity contribution in [2.75, 3.05) is 19.8 Å². The first-order chi connectivity index (χ1) is 19.6. The first-order valence-corrected chi connectivity index (χ1v) is 14.3. The molecule has 0 unspecified atom stereocenters. The van der Waals surface area contributed by atoms with Crippen LogP contribution in [0.15, 0.2) is 59.6 Å². The number of Topliss-reactive ketones (excluding diaryl/α,β-unsaturated/α-hetero) is 3. The third kappa shape index (κ3) is 8.80. The average molecular weight is 565 g/mol. The zero-order valence-corrected chi connectivity index (χ0v) is 23.9. The Morgan fingerprint density at radius 2 is 1.63 bits per heavy atom. The molecule has 41 heavy (non-hydrogen) atoms. The van der Waals surface area contributed by atoms with Gasteiger partial charge in [0, 0.05) is 43.3 Å². The number of hydrogen-bond donors (Lipinski definition) is 2. The maximum Gasteiger partial charge on any atom is 0.227 e. The van der Waals surface area contributed by atoms with E-state index < -0.39 is 30.3 Å². The Hall–Kier alpha value is -3.88. The van der Waals surface area contributed by atoms with Gasteiger partial charge in [-0.3, -0.25) is 24.2 Å². The third-order valence-electron chi connectivity index (χ3n) is 7.79. The molecule has 0 saturated carbocycles. The van der Waals surface area contributed by atoms with Gasteiger partial charge in [0.15, 0.2) is 23.3 Å². The summed E-state index contributed by atoms with van der Waals surface area (Å²) in [7, 11) is 0. The highest BCUT2D eigenvalue weighted by molar-refractivity contribution is 6.00. The number of benzene rings is 2. The summed E-state index contributed by atoms with van der Waals surface area (Å²) >= 11 is 0. The van der Waals surface area contributed by atoms with Gasteiger partial charge in [0.25, 0.3) is 0 Å². The lowest BCUT2D eigenvalue weighted by molar-refractivity contribution is -0.142. The van der Waals surface area contributed by atoms with Crippen LogP contribution >= 0.6 is 0 Å². The van der Waals surface area contributed by atoms with E-state index in [0.29, 0.717) is 31.4 Å². The SMILES string of the molecule is CC(C)[C@H](CC(=O)c1ccc(-c2ccccc2)cc1)C(=O)N1CCC[C@H]1C(=O)C[C@@H](CCCN=C(N)N)C(=O)CF. The van der Waals surface area contributed by atoms with E-state index >= 15 is 0 Å². The van der Waals surface area contributed by atoms with Crippen molar-refractivity contribution in [3.63, 3.8) is 0 Å². The van der Waals surface area contributed by atoms with Crippen LogP contribution in [0.5, 0.6) is 0 Å². The van der Waals surface area contributed by atoms with Crippen molar-refractivity contribution in [1.29, 1.82) is 0 Å². The average Bonchev–Trinajstić information content (AvgIpc) is 3.47. The van der Waals surface area contributed by atoms with E-state index in [1.165, 1.54) is 0 Å². The van der Waals surface area contributed by atoms with E-state index in [9.17, 15) is 23.6 Å². The number of ketones is 3. The molecule has 0 aromatic heterocycles. The van der Waals surface area contributed by atoms with Crippen molar-refractivity contribution in [1.82, 2.24) is 4.90 Å². The topological polar surface area (TPSA) is 136 Å². The Morgan fingerprint density at radius 3 is 2.24 bits per heavy atom. The molecule has 4 N–H and O–H groups in total. The highest BCUT2D eigenvalue weighted by atomic mass is 19.1. The Bertz CT molecular complexity index is 1230. The molecule has 0 spiro atoms. The maximum atomic E-state index is 13.7. The Morgan fingerprint density at radius 1 is 0.976 bits per heavy atom. The van der Waals surface area contributed by atoms with Gasteiger partial charge in [-0.05, 0) is 42.7 Å². The molecule has 1 amide bonds. The number of nitrogens with two attached hydrogens (primary N) is 2.